The summed E-state index contributed by atoms with van der Waals surface area (Å²) < 4.78 is 11.0. The van der Waals surface area contributed by atoms with Crippen molar-refractivity contribution in [2.75, 3.05) is 18.5 Å². The van der Waals surface area contributed by atoms with E-state index < -0.39 is 11.6 Å². The zero-order valence-corrected chi connectivity index (χ0v) is 14.9. The Morgan fingerprint density at radius 2 is 2.00 bits per heavy atom. The maximum Gasteiger partial charge on any atom is 0.349 e. The van der Waals surface area contributed by atoms with Crippen LogP contribution in [0.1, 0.15) is 24.3 Å². The van der Waals surface area contributed by atoms with E-state index in [4.69, 9.17) is 13.9 Å². The molecule has 0 unspecified atom stereocenters. The first-order valence-electron chi connectivity index (χ1n) is 8.30. The molecule has 26 heavy (non-hydrogen) atoms. The van der Waals surface area contributed by atoms with Crippen LogP contribution in [-0.4, -0.2) is 29.7 Å². The van der Waals surface area contributed by atoms with Gasteiger partial charge >= 0.3 is 11.6 Å². The van der Waals surface area contributed by atoms with Crippen LogP contribution < -0.4 is 10.5 Å². The Morgan fingerprint density at radius 1 is 1.23 bits per heavy atom. The van der Waals surface area contributed by atoms with Crippen LogP contribution in [0.5, 0.6) is 0 Å². The molecular formula is C19H20N2O5. The largest absolute Gasteiger partial charge is 0.481 e. The number of hydrogen-bond donors (Lipinski definition) is 1. The van der Waals surface area contributed by atoms with Crippen LogP contribution in [0.3, 0.4) is 0 Å². The summed E-state index contributed by atoms with van der Waals surface area (Å²) in [7, 11) is 1.87. The number of carboxylic acid groups (broad SMARTS) is 1. The Labute approximate surface area is 149 Å². The molecule has 0 aliphatic heterocycles. The average Bonchev–Trinajstić information content (AvgIpc) is 2.92. The van der Waals surface area contributed by atoms with Gasteiger partial charge in [0.15, 0.2) is 0 Å². The van der Waals surface area contributed by atoms with Gasteiger partial charge in [-0.25, -0.2) is 9.78 Å². The number of aliphatic carboxylic acids is 1. The third-order valence-electron chi connectivity index (χ3n) is 4.30. The van der Waals surface area contributed by atoms with E-state index in [1.165, 1.54) is 0 Å². The maximum absolute atomic E-state index is 12.3. The molecule has 0 aliphatic rings. The van der Waals surface area contributed by atoms with Gasteiger partial charge in [-0.15, -0.1) is 0 Å². The molecule has 0 saturated heterocycles. The summed E-state index contributed by atoms with van der Waals surface area (Å²) in [5.41, 5.74) is 1.82. The van der Waals surface area contributed by atoms with Crippen LogP contribution in [0.4, 0.5) is 5.69 Å². The van der Waals surface area contributed by atoms with Gasteiger partial charge in [-0.3, -0.25) is 4.79 Å². The van der Waals surface area contributed by atoms with Crippen molar-refractivity contribution in [2.45, 2.75) is 26.7 Å². The van der Waals surface area contributed by atoms with Crippen molar-refractivity contribution < 1.29 is 18.7 Å². The molecular weight excluding hydrogens is 336 g/mol. The molecule has 136 valence electrons. The van der Waals surface area contributed by atoms with Crippen molar-refractivity contribution >= 4 is 22.6 Å². The SMILES string of the molecule is Cc1nc(-c2cc3ccc(N(C)CCCC(=O)O)cc3oc2=O)oc1C. The predicted octanol–water partition coefficient (Wildman–Crippen LogP) is 3.37. The second-order valence-electron chi connectivity index (χ2n) is 6.25. The number of rotatable bonds is 6. The minimum atomic E-state index is -0.813. The molecule has 1 N–H and O–H groups in total. The summed E-state index contributed by atoms with van der Waals surface area (Å²) in [6.45, 7) is 4.20. The minimum Gasteiger partial charge on any atom is -0.481 e. The second-order valence-corrected chi connectivity index (χ2v) is 6.25. The number of benzene rings is 1. The molecule has 7 nitrogen and oxygen atoms in total. The van der Waals surface area contributed by atoms with Crippen molar-refractivity contribution in [1.82, 2.24) is 4.98 Å². The standard InChI is InChI=1S/C19H20N2O5/c1-11-12(2)25-18(20-11)15-9-13-6-7-14(10-16(13)26-19(15)24)21(3)8-4-5-17(22)23/h6-7,9-10H,4-5,8H2,1-3H3,(H,22,23). The fraction of sp³-hybridized carbons (Fsp3) is 0.316. The normalized spacial score (nSPS) is 11.0. The van der Waals surface area contributed by atoms with Crippen molar-refractivity contribution in [2.24, 2.45) is 0 Å². The van der Waals surface area contributed by atoms with Gasteiger partial charge < -0.3 is 18.8 Å². The molecule has 3 rings (SSSR count). The zero-order chi connectivity index (χ0) is 18.8. The van der Waals surface area contributed by atoms with Crippen molar-refractivity contribution in [3.05, 3.63) is 46.1 Å². The molecule has 0 fully saturated rings. The Balaban J connectivity index is 1.90. The van der Waals surface area contributed by atoms with Crippen molar-refractivity contribution in [3.63, 3.8) is 0 Å². The van der Waals surface area contributed by atoms with E-state index in [-0.39, 0.29) is 17.9 Å². The van der Waals surface area contributed by atoms with E-state index in [1.54, 1.807) is 19.1 Å². The first-order chi connectivity index (χ1) is 12.3. The highest BCUT2D eigenvalue weighted by molar-refractivity contribution is 5.83. The molecule has 7 heteroatoms. The lowest BCUT2D eigenvalue weighted by Crippen LogP contribution is -2.19. The van der Waals surface area contributed by atoms with Gasteiger partial charge in [0.25, 0.3) is 0 Å². The van der Waals surface area contributed by atoms with Crippen molar-refractivity contribution in [3.8, 4) is 11.5 Å². The Bertz CT molecular complexity index is 999. The summed E-state index contributed by atoms with van der Waals surface area (Å²) in [4.78, 5) is 29.1. The van der Waals surface area contributed by atoms with Crippen LogP contribution in [0.15, 0.2) is 37.9 Å². The van der Waals surface area contributed by atoms with E-state index in [9.17, 15) is 9.59 Å². The average molecular weight is 356 g/mol. The van der Waals surface area contributed by atoms with Crippen LogP contribution in [0.25, 0.3) is 22.4 Å². The van der Waals surface area contributed by atoms with Gasteiger partial charge in [-0.1, -0.05) is 0 Å². The third kappa shape index (κ3) is 3.61. The van der Waals surface area contributed by atoms with Gasteiger partial charge in [0.05, 0.1) is 5.69 Å². The highest BCUT2D eigenvalue weighted by Crippen LogP contribution is 2.25. The number of hydrogen-bond acceptors (Lipinski definition) is 6. The number of fused-ring (bicyclic) bond motifs is 1. The molecule has 2 aromatic heterocycles. The molecule has 0 aliphatic carbocycles. The Hall–Kier alpha value is -3.09. The molecule has 0 atom stereocenters. The smallest absolute Gasteiger partial charge is 0.349 e. The first-order valence-corrected chi connectivity index (χ1v) is 8.30. The molecule has 2 heterocycles. The summed E-state index contributed by atoms with van der Waals surface area (Å²) in [6.07, 6.45) is 0.654. The van der Waals surface area contributed by atoms with E-state index in [2.05, 4.69) is 4.98 Å². The fourth-order valence-electron chi connectivity index (χ4n) is 2.67. The number of oxazole rings is 1. The number of nitrogens with zero attached hydrogens (tertiary/aromatic N) is 2. The van der Waals surface area contributed by atoms with Crippen molar-refractivity contribution in [1.29, 1.82) is 0 Å². The lowest BCUT2D eigenvalue weighted by atomic mass is 10.1. The molecule has 0 saturated carbocycles. The van der Waals surface area contributed by atoms with E-state index in [0.717, 1.165) is 16.8 Å². The lowest BCUT2D eigenvalue weighted by molar-refractivity contribution is -0.137. The summed E-state index contributed by atoms with van der Waals surface area (Å²) in [5.74, 6) is 0.107. The summed E-state index contributed by atoms with van der Waals surface area (Å²) >= 11 is 0. The number of carboxylic acids is 1. The summed E-state index contributed by atoms with van der Waals surface area (Å²) in [5, 5.41) is 9.49. The first kappa shape index (κ1) is 17.7. The van der Waals surface area contributed by atoms with E-state index >= 15 is 0 Å². The monoisotopic (exact) mass is 356 g/mol. The van der Waals surface area contributed by atoms with E-state index in [0.29, 0.717) is 24.3 Å². The molecule has 0 radical (unpaired) electrons. The summed E-state index contributed by atoms with van der Waals surface area (Å²) in [6, 6.07) is 7.24. The quantitative estimate of drug-likeness (QED) is 0.676. The van der Waals surface area contributed by atoms with Gasteiger partial charge in [-0.05, 0) is 38.5 Å². The Morgan fingerprint density at radius 3 is 2.65 bits per heavy atom. The number of anilines is 1. The molecule has 0 amide bonds. The number of aromatic nitrogens is 1. The fourth-order valence-corrected chi connectivity index (χ4v) is 2.67. The van der Waals surface area contributed by atoms with Gasteiger partial charge in [-0.2, -0.15) is 0 Å². The van der Waals surface area contributed by atoms with Gasteiger partial charge in [0.2, 0.25) is 5.89 Å². The Kier molecular flexibility index (Phi) is 4.79. The van der Waals surface area contributed by atoms with Crippen LogP contribution in [-0.2, 0) is 4.79 Å². The number of carbonyl (C=O) groups is 1. The maximum atomic E-state index is 12.3. The topological polar surface area (TPSA) is 96.8 Å². The van der Waals surface area contributed by atoms with Gasteiger partial charge in [0.1, 0.15) is 16.9 Å². The minimum absolute atomic E-state index is 0.116. The van der Waals surface area contributed by atoms with Crippen LogP contribution in [0, 0.1) is 13.8 Å². The predicted molar refractivity (Wildman–Crippen MR) is 97.6 cm³/mol. The highest BCUT2D eigenvalue weighted by atomic mass is 16.4. The van der Waals surface area contributed by atoms with Gasteiger partial charge in [0, 0.05) is 37.2 Å². The number of aryl methyl sites for hydroxylation is 2. The zero-order valence-electron chi connectivity index (χ0n) is 14.9. The molecule has 0 spiro atoms. The third-order valence-corrected chi connectivity index (χ3v) is 4.30. The molecule has 0 bridgehead atoms. The highest BCUT2D eigenvalue weighted by Gasteiger charge is 2.15. The van der Waals surface area contributed by atoms with Crippen LogP contribution in [0.2, 0.25) is 0 Å². The van der Waals surface area contributed by atoms with E-state index in [1.807, 2.05) is 31.0 Å². The van der Waals surface area contributed by atoms with Crippen LogP contribution >= 0.6 is 0 Å². The second kappa shape index (κ2) is 7.03. The lowest BCUT2D eigenvalue weighted by Gasteiger charge is -2.19. The molecule has 1 aromatic carbocycles. The molecule has 3 aromatic rings.